The van der Waals surface area contributed by atoms with E-state index in [-0.39, 0.29) is 74.7 Å². The lowest BCUT2D eigenvalue weighted by Crippen LogP contribution is -2.34. The van der Waals surface area contributed by atoms with Gasteiger partial charge in [0.05, 0.1) is 72.4 Å². The maximum atomic E-state index is 15.3. The van der Waals surface area contributed by atoms with Crippen LogP contribution in [0.15, 0.2) is 304 Å². The van der Waals surface area contributed by atoms with Crippen LogP contribution in [0.4, 0.5) is 82.4 Å². The van der Waals surface area contributed by atoms with Gasteiger partial charge < -0.3 is 85.0 Å². The van der Waals surface area contributed by atoms with Gasteiger partial charge in [0.1, 0.15) is 104 Å². The van der Waals surface area contributed by atoms with E-state index in [1.54, 1.807) is 121 Å². The average molecular weight is 1930 g/mol. The minimum absolute atomic E-state index is 0.0756. The van der Waals surface area contributed by atoms with Gasteiger partial charge in [-0.25, -0.2) is 62.0 Å². The van der Waals surface area contributed by atoms with Crippen LogP contribution in [0.25, 0.3) is 0 Å². The van der Waals surface area contributed by atoms with Crippen molar-refractivity contribution in [2.75, 3.05) is 69.8 Å². The molecule has 6 aliphatic heterocycles. The summed E-state index contributed by atoms with van der Waals surface area (Å²) >= 11 is 0. The fraction of sp³-hybridized carbons (Fsp3) is 0.120. The zero-order chi connectivity index (χ0) is 94.6. The highest BCUT2D eigenvalue weighted by atomic mass is 31.2. The number of rotatable bonds is 21. The quantitative estimate of drug-likeness (QED) is 0.0484. The SMILES string of the molecule is O=P(Oc1ccc2c(c1)CN(c1c(F)cc(F)cc1F)CO2)(Oc1ccc2c(c1)CN(c1c(F)cc(F)cc1F)CO2)c1ccc2c(c1)CN(c1c(F)cc(F)cc1F)CO2.O=P(Oc1ccc2c(c1)CN(c1cccnc1)CO2)(Oc1ccc2c(c1)CN(c1cccnc1)CO2)c1ccccc1.O=P(Oc1ccccc1)(Oc1ccccc1)c1ccc2c(c1)CN(c1ccc(F)c(F)c1)CO2. The Morgan fingerprint density at radius 2 is 0.511 bits per heavy atom. The molecule has 23 nitrogen and oxygen atoms in total. The summed E-state index contributed by atoms with van der Waals surface area (Å²) in [6.07, 6.45) is 7.07. The molecule has 6 aliphatic rings. The number of para-hydroxylation sites is 2. The van der Waals surface area contributed by atoms with Crippen molar-refractivity contribution in [3.8, 4) is 69.0 Å². The van der Waals surface area contributed by atoms with Gasteiger partial charge in [-0.15, -0.1) is 0 Å². The molecule has 21 rings (SSSR count). The number of pyridine rings is 2. The fourth-order valence-corrected chi connectivity index (χ4v) is 20.7. The summed E-state index contributed by atoms with van der Waals surface area (Å²) < 4.78 is 272. The summed E-state index contributed by atoms with van der Waals surface area (Å²) in [7, 11) is -12.4. The van der Waals surface area contributed by atoms with Gasteiger partial charge in [0.15, 0.2) is 86.9 Å². The number of benzene rings is 13. The highest BCUT2D eigenvalue weighted by molar-refractivity contribution is 7.63. The number of ether oxygens (including phenoxy) is 6. The minimum atomic E-state index is -4.64. The lowest BCUT2D eigenvalue weighted by Gasteiger charge is -2.32. The molecule has 0 fully saturated rings. The third kappa shape index (κ3) is 20.2. The molecule has 0 amide bonds. The second-order valence-electron chi connectivity index (χ2n) is 31.7. The van der Waals surface area contributed by atoms with E-state index in [9.17, 15) is 57.4 Å². The van der Waals surface area contributed by atoms with Crippen molar-refractivity contribution in [2.45, 2.75) is 39.3 Å². The standard InChI is InChI=1S/C42H27F9N3O6P.C32H27N4O5P.C26H20F2NO4P/c43-25-10-31(46)40(32(47)11-25)52-16-22-7-28(1-4-37(22)56-19-52)59-61(55,30-3-6-39-24(9-30)18-54(21-58-39)42-35(50)14-27(45)15-36(42)51)60-29-2-5-38-23(8-29)17-53(20-57-38)41-33(48)12-26(44)13-34(41)49;37-42(30-8-2-1-3-9-30,40-28-10-12-31-24(16-28)20-35(22-38-31)26-6-4-14-33-18-26)41-29-11-13-32-25(17-29)21-36(23-39-32)27-7-5-15-34-19-27;27-24-13-11-20(16-25(24)28)29-17-19-15-23(12-14-26(19)31-18-29)34(30,32-21-7-3-1-4-8-21)33-22-9-5-2-6-10-22/h1-15H,16-21H2;1-19H,20-23H2;1-16H,17-18H2. The predicted molar refractivity (Wildman–Crippen MR) is 487 cm³/mol. The van der Waals surface area contributed by atoms with E-state index in [1.165, 1.54) is 70.5 Å². The highest BCUT2D eigenvalue weighted by Gasteiger charge is 2.40. The first-order chi connectivity index (χ1) is 66.3. The molecule has 696 valence electrons. The van der Waals surface area contributed by atoms with Gasteiger partial charge in [0, 0.05) is 100 Å². The lowest BCUT2D eigenvalue weighted by atomic mass is 10.1. The zero-order valence-corrected chi connectivity index (χ0v) is 74.2. The van der Waals surface area contributed by atoms with Crippen molar-refractivity contribution >= 4 is 72.8 Å². The maximum Gasteiger partial charge on any atom is 0.462 e. The van der Waals surface area contributed by atoms with Crippen molar-refractivity contribution < 1.29 is 118 Å². The first-order valence-electron chi connectivity index (χ1n) is 42.2. The van der Waals surface area contributed by atoms with Crippen molar-refractivity contribution in [3.63, 3.8) is 0 Å². The molecule has 8 heterocycles. The summed E-state index contributed by atoms with van der Waals surface area (Å²) in [5, 5.41) is 0.700. The van der Waals surface area contributed by atoms with Crippen molar-refractivity contribution in [3.05, 3.63) is 401 Å². The third-order valence-electron chi connectivity index (χ3n) is 22.4. The van der Waals surface area contributed by atoms with Crippen LogP contribution in [-0.2, 0) is 53.0 Å². The van der Waals surface area contributed by atoms with Crippen LogP contribution >= 0.6 is 22.8 Å². The summed E-state index contributed by atoms with van der Waals surface area (Å²) in [4.78, 5) is 17.8. The van der Waals surface area contributed by atoms with Crippen molar-refractivity contribution in [1.29, 1.82) is 0 Å². The molecule has 0 atom stereocenters. The molecular formula is C100H74F11N8O15P3. The van der Waals surface area contributed by atoms with Crippen LogP contribution < -0.4 is 101 Å². The van der Waals surface area contributed by atoms with Crippen molar-refractivity contribution in [2.24, 2.45) is 0 Å². The molecule has 15 aromatic rings. The van der Waals surface area contributed by atoms with Gasteiger partial charge in [-0.05, 0) is 182 Å². The van der Waals surface area contributed by atoms with E-state index < -0.39 is 104 Å². The number of hydrogen-bond donors (Lipinski definition) is 0. The lowest BCUT2D eigenvalue weighted by molar-refractivity contribution is 0.284. The number of halogens is 11. The monoisotopic (exact) mass is 1930 g/mol. The molecule has 0 spiro atoms. The normalized spacial score (nSPS) is 14.1. The Morgan fingerprint density at radius 1 is 0.234 bits per heavy atom. The molecule has 137 heavy (non-hydrogen) atoms. The number of anilines is 6. The largest absolute Gasteiger partial charge is 0.473 e. The maximum absolute atomic E-state index is 15.3. The molecule has 0 radical (unpaired) electrons. The smallest absolute Gasteiger partial charge is 0.462 e. The molecular weight excluding hydrogens is 1860 g/mol. The van der Waals surface area contributed by atoms with E-state index in [2.05, 4.69) is 19.8 Å². The molecule has 0 saturated heterocycles. The van der Waals surface area contributed by atoms with Crippen LogP contribution in [0.1, 0.15) is 33.4 Å². The van der Waals surface area contributed by atoms with E-state index in [1.807, 2.05) is 78.9 Å². The summed E-state index contributed by atoms with van der Waals surface area (Å²) in [5.74, 6) is -7.78. The first-order valence-corrected chi connectivity index (χ1v) is 46.8. The Kier molecular flexibility index (Phi) is 25.7. The number of fused-ring (bicyclic) bond motifs is 6. The Labute approximate surface area is 775 Å². The molecule has 0 N–H and O–H groups in total. The summed E-state index contributed by atoms with van der Waals surface area (Å²) in [6.45, 7) is 1.06. The summed E-state index contributed by atoms with van der Waals surface area (Å²) in [5.41, 5.74) is 4.16. The average Bonchev–Trinajstić information content (AvgIpc) is 0.762. The Hall–Kier alpha value is -15.5. The van der Waals surface area contributed by atoms with Crippen LogP contribution in [0.2, 0.25) is 0 Å². The van der Waals surface area contributed by atoms with Crippen LogP contribution in [0.5, 0.6) is 69.0 Å². The Morgan fingerprint density at radius 3 is 0.825 bits per heavy atom. The van der Waals surface area contributed by atoms with Gasteiger partial charge in [0.2, 0.25) is 0 Å². The van der Waals surface area contributed by atoms with Gasteiger partial charge in [-0.1, -0.05) is 54.6 Å². The van der Waals surface area contributed by atoms with Crippen LogP contribution in [-0.4, -0.2) is 50.4 Å². The molecule has 2 aromatic heterocycles. The van der Waals surface area contributed by atoms with E-state index in [0.29, 0.717) is 143 Å². The van der Waals surface area contributed by atoms with Gasteiger partial charge in [-0.2, -0.15) is 0 Å². The van der Waals surface area contributed by atoms with E-state index in [0.717, 1.165) is 51.0 Å². The highest BCUT2D eigenvalue weighted by Crippen LogP contribution is 2.54. The van der Waals surface area contributed by atoms with Gasteiger partial charge in [0.25, 0.3) is 0 Å². The minimum Gasteiger partial charge on any atom is -0.473 e. The van der Waals surface area contributed by atoms with Gasteiger partial charge >= 0.3 is 22.8 Å². The molecule has 13 aromatic carbocycles. The Bertz CT molecular complexity index is 6860. The number of aromatic nitrogens is 2. The van der Waals surface area contributed by atoms with E-state index in [4.69, 9.17) is 55.6 Å². The topological polar surface area (TPSA) is 207 Å². The molecule has 0 saturated carbocycles. The first kappa shape index (κ1) is 90.6. The fourth-order valence-electron chi connectivity index (χ4n) is 15.9. The van der Waals surface area contributed by atoms with E-state index >= 15 is 4.57 Å². The number of nitrogens with zero attached hydrogens (tertiary/aromatic N) is 8. The molecule has 0 aliphatic carbocycles. The number of hydrogen-bond acceptors (Lipinski definition) is 23. The third-order valence-corrected chi connectivity index (χ3v) is 27.8. The molecule has 0 bridgehead atoms. The zero-order valence-electron chi connectivity index (χ0n) is 71.6. The second kappa shape index (κ2) is 38.8. The van der Waals surface area contributed by atoms with Crippen LogP contribution in [0.3, 0.4) is 0 Å². The summed E-state index contributed by atoms with van der Waals surface area (Å²) in [6, 6.07) is 69.8. The van der Waals surface area contributed by atoms with Crippen LogP contribution in [0, 0.1) is 64.0 Å². The van der Waals surface area contributed by atoms with Gasteiger partial charge in [-0.3, -0.25) is 9.97 Å². The Balaban J connectivity index is 0.000000138. The predicted octanol–water partition coefficient (Wildman–Crippen LogP) is 22.4. The second-order valence-corrected chi connectivity index (χ2v) is 37.3. The molecule has 37 heteroatoms. The van der Waals surface area contributed by atoms with Crippen molar-refractivity contribution in [1.82, 2.24) is 9.97 Å². The molecule has 0 unspecified atom stereocenters.